The molecule has 0 atom stereocenters. The highest BCUT2D eigenvalue weighted by molar-refractivity contribution is 6.06. The van der Waals surface area contributed by atoms with Gasteiger partial charge in [-0.2, -0.15) is 0 Å². The van der Waals surface area contributed by atoms with Crippen molar-refractivity contribution in [3.8, 4) is 39.6 Å². The quantitative estimate of drug-likeness (QED) is 0.262. The maximum absolute atomic E-state index is 13.6. The lowest BCUT2D eigenvalue weighted by Gasteiger charge is -2.23. The zero-order chi connectivity index (χ0) is 25.9. The van der Waals surface area contributed by atoms with Gasteiger partial charge in [0.25, 0.3) is 0 Å². The molecule has 6 nitrogen and oxygen atoms in total. The van der Waals surface area contributed by atoms with Crippen molar-refractivity contribution < 1.29 is 23.7 Å². The van der Waals surface area contributed by atoms with Gasteiger partial charge in [-0.25, -0.2) is 4.79 Å². The molecule has 190 valence electrons. The number of carbonyl (C=O) groups excluding carboxylic acids is 1. The minimum atomic E-state index is -0.352. The smallest absolute Gasteiger partial charge is 0.340 e. The summed E-state index contributed by atoms with van der Waals surface area (Å²) in [5.74, 6) is 1.66. The van der Waals surface area contributed by atoms with Crippen molar-refractivity contribution in [1.29, 1.82) is 0 Å². The number of methoxy groups -OCH3 is 2. The summed E-state index contributed by atoms with van der Waals surface area (Å²) in [5.41, 5.74) is 7.20. The van der Waals surface area contributed by atoms with Gasteiger partial charge in [0.1, 0.15) is 12.4 Å². The molecule has 0 fully saturated rings. The van der Waals surface area contributed by atoms with Crippen LogP contribution in [0.2, 0.25) is 0 Å². The van der Waals surface area contributed by atoms with E-state index in [0.29, 0.717) is 23.7 Å². The number of ether oxygens (including phenoxy) is 4. The summed E-state index contributed by atoms with van der Waals surface area (Å²) in [6.07, 6.45) is 0.812. The van der Waals surface area contributed by atoms with Crippen molar-refractivity contribution in [1.82, 2.24) is 4.57 Å². The van der Waals surface area contributed by atoms with Gasteiger partial charge in [0.2, 0.25) is 0 Å². The molecule has 0 saturated heterocycles. The molecule has 0 unspecified atom stereocenters. The Labute approximate surface area is 217 Å². The summed E-state index contributed by atoms with van der Waals surface area (Å²) in [5, 5.41) is 0. The molecular formula is C31H31NO5. The number of para-hydroxylation sites is 1. The lowest BCUT2D eigenvalue weighted by molar-refractivity contribution is 0.0528. The average Bonchev–Trinajstić information content (AvgIpc) is 3.24. The number of carbonyl (C=O) groups is 1. The first-order chi connectivity index (χ1) is 18.1. The van der Waals surface area contributed by atoms with Crippen LogP contribution in [0.4, 0.5) is 0 Å². The summed E-state index contributed by atoms with van der Waals surface area (Å²) in [4.78, 5) is 13.6. The third-order valence-electron chi connectivity index (χ3n) is 6.87. The van der Waals surface area contributed by atoms with Gasteiger partial charge in [-0.3, -0.25) is 0 Å². The second kappa shape index (κ2) is 10.4. The molecule has 1 aromatic heterocycles. The number of benzene rings is 3. The van der Waals surface area contributed by atoms with Crippen molar-refractivity contribution in [2.75, 3.05) is 20.8 Å². The Bertz CT molecular complexity index is 1440. The van der Waals surface area contributed by atoms with Gasteiger partial charge in [-0.1, -0.05) is 48.5 Å². The minimum absolute atomic E-state index is 0.285. The van der Waals surface area contributed by atoms with E-state index in [9.17, 15) is 4.79 Å². The third kappa shape index (κ3) is 4.44. The van der Waals surface area contributed by atoms with Gasteiger partial charge < -0.3 is 23.5 Å². The van der Waals surface area contributed by atoms with Crippen LogP contribution in [0.25, 0.3) is 22.4 Å². The predicted molar refractivity (Wildman–Crippen MR) is 144 cm³/mol. The van der Waals surface area contributed by atoms with Gasteiger partial charge in [0.15, 0.2) is 11.5 Å². The Kier molecular flexibility index (Phi) is 6.91. The highest BCUT2D eigenvalue weighted by Crippen LogP contribution is 2.47. The molecular weight excluding hydrogens is 466 g/mol. The van der Waals surface area contributed by atoms with E-state index in [1.807, 2.05) is 73.7 Å². The Morgan fingerprint density at radius 2 is 1.59 bits per heavy atom. The first-order valence-electron chi connectivity index (χ1n) is 12.5. The normalized spacial score (nSPS) is 11.9. The van der Waals surface area contributed by atoms with E-state index in [2.05, 4.69) is 11.5 Å². The second-order valence-corrected chi connectivity index (χ2v) is 8.94. The first-order valence-corrected chi connectivity index (χ1v) is 12.5. The molecule has 5 rings (SSSR count). The van der Waals surface area contributed by atoms with Crippen molar-refractivity contribution in [2.45, 2.75) is 33.4 Å². The second-order valence-electron chi connectivity index (χ2n) is 8.94. The van der Waals surface area contributed by atoms with E-state index in [0.717, 1.165) is 57.9 Å². The SMILES string of the molecule is CCOC(=O)c1c(-c2ccccc2OCc2ccccc2)c(C)n2c1-c1cc(OC)c(OC)cc1CC2. The Balaban J connectivity index is 1.70. The van der Waals surface area contributed by atoms with E-state index in [1.165, 1.54) is 0 Å². The fourth-order valence-electron chi connectivity index (χ4n) is 5.14. The lowest BCUT2D eigenvalue weighted by Crippen LogP contribution is -2.15. The molecule has 0 radical (unpaired) electrons. The van der Waals surface area contributed by atoms with E-state index >= 15 is 0 Å². The van der Waals surface area contributed by atoms with Gasteiger partial charge in [-0.15, -0.1) is 0 Å². The number of hydrogen-bond acceptors (Lipinski definition) is 5. The number of esters is 1. The maximum Gasteiger partial charge on any atom is 0.340 e. The van der Waals surface area contributed by atoms with Crippen LogP contribution in [0.3, 0.4) is 0 Å². The summed E-state index contributed by atoms with van der Waals surface area (Å²) in [6, 6.07) is 21.9. The average molecular weight is 498 g/mol. The highest BCUT2D eigenvalue weighted by atomic mass is 16.5. The van der Waals surface area contributed by atoms with Crippen LogP contribution < -0.4 is 14.2 Å². The number of aromatic nitrogens is 1. The largest absolute Gasteiger partial charge is 0.493 e. The predicted octanol–water partition coefficient (Wildman–Crippen LogP) is 6.46. The van der Waals surface area contributed by atoms with Crippen LogP contribution in [0.1, 0.15) is 34.1 Å². The van der Waals surface area contributed by atoms with Crippen LogP contribution in [0.5, 0.6) is 17.2 Å². The van der Waals surface area contributed by atoms with Crippen molar-refractivity contribution in [3.05, 3.63) is 89.1 Å². The first kappa shape index (κ1) is 24.5. The molecule has 0 aliphatic carbocycles. The molecule has 2 heterocycles. The molecule has 3 aromatic carbocycles. The van der Waals surface area contributed by atoms with Crippen LogP contribution >= 0.6 is 0 Å². The van der Waals surface area contributed by atoms with Crippen LogP contribution in [-0.2, 0) is 24.3 Å². The van der Waals surface area contributed by atoms with E-state index < -0.39 is 0 Å². The van der Waals surface area contributed by atoms with E-state index in [4.69, 9.17) is 18.9 Å². The molecule has 0 N–H and O–H groups in total. The number of hydrogen-bond donors (Lipinski definition) is 0. The Morgan fingerprint density at radius 1 is 0.892 bits per heavy atom. The molecule has 0 amide bonds. The van der Waals surface area contributed by atoms with E-state index in [1.54, 1.807) is 14.2 Å². The standard InChI is InChI=1S/C31H31NO5/c1-5-36-31(33)29-28(23-13-9-10-14-25(23)37-19-21-11-7-6-8-12-21)20(2)32-16-15-22-17-26(34-3)27(35-4)18-24(22)30(29)32/h6-14,17-18H,5,15-16,19H2,1-4H3. The fourth-order valence-corrected chi connectivity index (χ4v) is 5.14. The summed E-state index contributed by atoms with van der Waals surface area (Å²) in [7, 11) is 3.25. The van der Waals surface area contributed by atoms with Crippen LogP contribution in [0.15, 0.2) is 66.7 Å². The molecule has 4 aromatic rings. The van der Waals surface area contributed by atoms with Gasteiger partial charge in [0.05, 0.1) is 32.1 Å². The van der Waals surface area contributed by atoms with Crippen molar-refractivity contribution >= 4 is 5.97 Å². The number of fused-ring (bicyclic) bond motifs is 3. The number of rotatable bonds is 8. The molecule has 0 spiro atoms. The highest BCUT2D eigenvalue weighted by Gasteiger charge is 2.33. The number of aryl methyl sites for hydroxylation is 1. The molecule has 1 aliphatic rings. The topological polar surface area (TPSA) is 58.9 Å². The summed E-state index contributed by atoms with van der Waals surface area (Å²) in [6.45, 7) is 5.34. The molecule has 1 aliphatic heterocycles. The zero-order valence-corrected chi connectivity index (χ0v) is 21.7. The van der Waals surface area contributed by atoms with Gasteiger partial charge in [0, 0.05) is 28.9 Å². The fraction of sp³-hybridized carbons (Fsp3) is 0.258. The molecule has 37 heavy (non-hydrogen) atoms. The zero-order valence-electron chi connectivity index (χ0n) is 21.7. The summed E-state index contributed by atoms with van der Waals surface area (Å²) >= 11 is 0. The maximum atomic E-state index is 13.6. The van der Waals surface area contributed by atoms with Gasteiger partial charge in [-0.05, 0) is 49.6 Å². The number of nitrogens with zero attached hydrogens (tertiary/aromatic N) is 1. The molecule has 0 bridgehead atoms. The lowest BCUT2D eigenvalue weighted by atomic mass is 9.93. The molecule has 6 heteroatoms. The Hall–Kier alpha value is -4.19. The van der Waals surface area contributed by atoms with Gasteiger partial charge >= 0.3 is 5.97 Å². The van der Waals surface area contributed by atoms with Crippen molar-refractivity contribution in [2.24, 2.45) is 0 Å². The summed E-state index contributed by atoms with van der Waals surface area (Å²) < 4.78 is 25.3. The van der Waals surface area contributed by atoms with Crippen LogP contribution in [-0.4, -0.2) is 31.4 Å². The third-order valence-corrected chi connectivity index (χ3v) is 6.87. The molecule has 0 saturated carbocycles. The minimum Gasteiger partial charge on any atom is -0.493 e. The van der Waals surface area contributed by atoms with E-state index in [-0.39, 0.29) is 12.6 Å². The Morgan fingerprint density at radius 3 is 2.32 bits per heavy atom. The monoisotopic (exact) mass is 497 g/mol. The van der Waals surface area contributed by atoms with Crippen molar-refractivity contribution in [3.63, 3.8) is 0 Å². The van der Waals surface area contributed by atoms with Crippen LogP contribution in [0, 0.1) is 6.92 Å².